The molecule has 20 heavy (non-hydrogen) atoms. The van der Waals surface area contributed by atoms with Crippen LogP contribution >= 0.6 is 15.9 Å². The molecule has 0 fully saturated rings. The normalized spacial score (nSPS) is 12.7. The van der Waals surface area contributed by atoms with Crippen LogP contribution in [0.15, 0.2) is 53.0 Å². The fourth-order valence-corrected chi connectivity index (χ4v) is 2.48. The van der Waals surface area contributed by atoms with Gasteiger partial charge in [-0.1, -0.05) is 58.4 Å². The molecule has 0 aliphatic heterocycles. The highest BCUT2D eigenvalue weighted by atomic mass is 79.9. The standard InChI is InChI=1S/C17H20BrNO/c1-13-10-15(8-9-16(13)18)17(20)12-19(2)11-14-6-4-3-5-7-14/h3-10,17,20H,11-12H2,1-2H3. The molecule has 0 radical (unpaired) electrons. The van der Waals surface area contributed by atoms with Gasteiger partial charge in [0.1, 0.15) is 0 Å². The highest BCUT2D eigenvalue weighted by Crippen LogP contribution is 2.22. The van der Waals surface area contributed by atoms with Crippen molar-refractivity contribution in [3.8, 4) is 0 Å². The van der Waals surface area contributed by atoms with Crippen LogP contribution in [0.5, 0.6) is 0 Å². The Hall–Kier alpha value is -1.16. The van der Waals surface area contributed by atoms with Crippen LogP contribution in [0, 0.1) is 6.92 Å². The Bertz CT molecular complexity index is 556. The molecule has 0 aliphatic carbocycles. The molecular formula is C17H20BrNO. The van der Waals surface area contributed by atoms with Crippen molar-refractivity contribution >= 4 is 15.9 Å². The molecule has 2 aromatic rings. The smallest absolute Gasteiger partial charge is 0.0917 e. The molecule has 0 heterocycles. The lowest BCUT2D eigenvalue weighted by Gasteiger charge is -2.21. The number of hydrogen-bond donors (Lipinski definition) is 1. The maximum absolute atomic E-state index is 10.3. The number of benzene rings is 2. The van der Waals surface area contributed by atoms with E-state index in [0.717, 1.165) is 22.1 Å². The molecule has 3 heteroatoms. The third-order valence-electron chi connectivity index (χ3n) is 3.35. The van der Waals surface area contributed by atoms with E-state index in [1.807, 2.05) is 50.4 Å². The topological polar surface area (TPSA) is 23.5 Å². The van der Waals surface area contributed by atoms with Gasteiger partial charge in [0.2, 0.25) is 0 Å². The number of nitrogens with zero attached hydrogens (tertiary/aromatic N) is 1. The minimum absolute atomic E-state index is 0.462. The molecule has 0 aliphatic rings. The summed E-state index contributed by atoms with van der Waals surface area (Å²) in [5, 5.41) is 10.3. The first-order valence-corrected chi connectivity index (χ1v) is 7.52. The van der Waals surface area contributed by atoms with Crippen molar-refractivity contribution in [1.82, 2.24) is 4.90 Å². The van der Waals surface area contributed by atoms with E-state index in [1.165, 1.54) is 5.56 Å². The molecular weight excluding hydrogens is 314 g/mol. The minimum Gasteiger partial charge on any atom is -0.387 e. The highest BCUT2D eigenvalue weighted by molar-refractivity contribution is 9.10. The van der Waals surface area contributed by atoms with Gasteiger partial charge in [0.15, 0.2) is 0 Å². The molecule has 0 aromatic heterocycles. The van der Waals surface area contributed by atoms with Crippen LogP contribution in [0.2, 0.25) is 0 Å². The van der Waals surface area contributed by atoms with Gasteiger partial charge in [0, 0.05) is 17.6 Å². The predicted molar refractivity (Wildman–Crippen MR) is 86.6 cm³/mol. The van der Waals surface area contributed by atoms with Crippen molar-refractivity contribution in [2.45, 2.75) is 19.6 Å². The zero-order valence-corrected chi connectivity index (χ0v) is 13.5. The van der Waals surface area contributed by atoms with Crippen molar-refractivity contribution in [2.24, 2.45) is 0 Å². The summed E-state index contributed by atoms with van der Waals surface area (Å²) in [6.07, 6.45) is -0.462. The van der Waals surface area contributed by atoms with Crippen molar-refractivity contribution in [2.75, 3.05) is 13.6 Å². The SMILES string of the molecule is Cc1cc(C(O)CN(C)Cc2ccccc2)ccc1Br. The Labute approximate surface area is 129 Å². The summed E-state index contributed by atoms with van der Waals surface area (Å²) in [6, 6.07) is 16.3. The van der Waals surface area contributed by atoms with Crippen LogP contribution in [0.25, 0.3) is 0 Å². The molecule has 1 atom stereocenters. The van der Waals surface area contributed by atoms with E-state index in [9.17, 15) is 5.11 Å². The number of aliphatic hydroxyl groups is 1. The first kappa shape index (κ1) is 15.2. The quantitative estimate of drug-likeness (QED) is 0.896. The second kappa shape index (κ2) is 7.02. The zero-order chi connectivity index (χ0) is 14.5. The second-order valence-corrected chi connectivity index (χ2v) is 6.06. The van der Waals surface area contributed by atoms with Crippen LogP contribution in [-0.4, -0.2) is 23.6 Å². The maximum atomic E-state index is 10.3. The summed E-state index contributed by atoms with van der Waals surface area (Å²) in [4.78, 5) is 2.14. The van der Waals surface area contributed by atoms with Gasteiger partial charge in [-0.25, -0.2) is 0 Å². The fraction of sp³-hybridized carbons (Fsp3) is 0.294. The van der Waals surface area contributed by atoms with Crippen molar-refractivity contribution in [1.29, 1.82) is 0 Å². The highest BCUT2D eigenvalue weighted by Gasteiger charge is 2.11. The van der Waals surface area contributed by atoms with E-state index in [4.69, 9.17) is 0 Å². The fourth-order valence-electron chi connectivity index (χ4n) is 2.24. The average Bonchev–Trinajstić information content (AvgIpc) is 2.42. The maximum Gasteiger partial charge on any atom is 0.0917 e. The van der Waals surface area contributed by atoms with E-state index >= 15 is 0 Å². The number of aryl methyl sites for hydroxylation is 1. The monoisotopic (exact) mass is 333 g/mol. The lowest BCUT2D eigenvalue weighted by molar-refractivity contribution is 0.124. The van der Waals surface area contributed by atoms with Crippen LogP contribution < -0.4 is 0 Å². The van der Waals surface area contributed by atoms with Gasteiger partial charge in [-0.05, 0) is 36.7 Å². The molecule has 2 nitrogen and oxygen atoms in total. The number of aliphatic hydroxyl groups excluding tert-OH is 1. The summed E-state index contributed by atoms with van der Waals surface area (Å²) in [5.74, 6) is 0. The Morgan fingerprint density at radius 3 is 2.50 bits per heavy atom. The third kappa shape index (κ3) is 4.17. The summed E-state index contributed by atoms with van der Waals surface area (Å²) in [7, 11) is 2.03. The average molecular weight is 334 g/mol. The van der Waals surface area contributed by atoms with Gasteiger partial charge in [-0.2, -0.15) is 0 Å². The molecule has 106 valence electrons. The molecule has 0 saturated heterocycles. The summed E-state index contributed by atoms with van der Waals surface area (Å²) < 4.78 is 1.08. The Morgan fingerprint density at radius 2 is 1.85 bits per heavy atom. The predicted octanol–water partition coefficient (Wildman–Crippen LogP) is 3.92. The van der Waals surface area contributed by atoms with E-state index in [1.54, 1.807) is 0 Å². The molecule has 2 aromatic carbocycles. The Morgan fingerprint density at radius 1 is 1.15 bits per heavy atom. The van der Waals surface area contributed by atoms with E-state index < -0.39 is 6.10 Å². The lowest BCUT2D eigenvalue weighted by Crippen LogP contribution is -2.24. The first-order chi connectivity index (χ1) is 9.56. The van der Waals surface area contributed by atoms with Crippen molar-refractivity contribution in [3.05, 3.63) is 69.7 Å². The molecule has 0 saturated carbocycles. The van der Waals surface area contributed by atoms with E-state index in [-0.39, 0.29) is 0 Å². The van der Waals surface area contributed by atoms with Crippen LogP contribution in [-0.2, 0) is 6.54 Å². The molecule has 0 bridgehead atoms. The number of halogens is 1. The number of rotatable bonds is 5. The largest absolute Gasteiger partial charge is 0.387 e. The van der Waals surface area contributed by atoms with Crippen LogP contribution in [0.1, 0.15) is 22.8 Å². The molecule has 1 unspecified atom stereocenters. The van der Waals surface area contributed by atoms with Gasteiger partial charge in [0.25, 0.3) is 0 Å². The summed E-state index contributed by atoms with van der Waals surface area (Å²) >= 11 is 3.48. The lowest BCUT2D eigenvalue weighted by atomic mass is 10.1. The van der Waals surface area contributed by atoms with E-state index in [2.05, 4.69) is 33.0 Å². The minimum atomic E-state index is -0.462. The van der Waals surface area contributed by atoms with Gasteiger partial charge in [-0.15, -0.1) is 0 Å². The van der Waals surface area contributed by atoms with E-state index in [0.29, 0.717) is 6.54 Å². The van der Waals surface area contributed by atoms with Gasteiger partial charge < -0.3 is 5.11 Å². The van der Waals surface area contributed by atoms with Crippen LogP contribution in [0.3, 0.4) is 0 Å². The van der Waals surface area contributed by atoms with Gasteiger partial charge in [-0.3, -0.25) is 4.90 Å². The number of hydrogen-bond acceptors (Lipinski definition) is 2. The molecule has 0 spiro atoms. The van der Waals surface area contributed by atoms with Gasteiger partial charge in [0.05, 0.1) is 6.10 Å². The van der Waals surface area contributed by atoms with Crippen molar-refractivity contribution < 1.29 is 5.11 Å². The van der Waals surface area contributed by atoms with Crippen molar-refractivity contribution in [3.63, 3.8) is 0 Å². The molecule has 1 N–H and O–H groups in total. The Kier molecular flexibility index (Phi) is 5.35. The number of likely N-dealkylation sites (N-methyl/N-ethyl adjacent to an activating group) is 1. The molecule has 0 amide bonds. The second-order valence-electron chi connectivity index (χ2n) is 5.21. The summed E-state index contributed by atoms with van der Waals surface area (Å²) in [6.45, 7) is 3.50. The zero-order valence-electron chi connectivity index (χ0n) is 11.9. The first-order valence-electron chi connectivity index (χ1n) is 6.73. The third-order valence-corrected chi connectivity index (χ3v) is 4.24. The van der Waals surface area contributed by atoms with Crippen LogP contribution in [0.4, 0.5) is 0 Å². The summed E-state index contributed by atoms with van der Waals surface area (Å²) in [5.41, 5.74) is 3.37. The van der Waals surface area contributed by atoms with Gasteiger partial charge >= 0.3 is 0 Å². The Balaban J connectivity index is 1.96. The molecule has 2 rings (SSSR count).